The maximum atomic E-state index is 12.4. The molecule has 1 N–H and O–H groups in total. The van der Waals surface area contributed by atoms with E-state index in [2.05, 4.69) is 34.2 Å². The summed E-state index contributed by atoms with van der Waals surface area (Å²) in [5, 5.41) is 0. The van der Waals surface area contributed by atoms with Crippen molar-refractivity contribution in [2.45, 2.75) is 25.2 Å². The van der Waals surface area contributed by atoms with Crippen LogP contribution in [0, 0.1) is 11.8 Å². The Kier molecular flexibility index (Phi) is 2.34. The highest BCUT2D eigenvalue weighted by Crippen LogP contribution is 2.60. The molecule has 96 valence electrons. The van der Waals surface area contributed by atoms with Crippen molar-refractivity contribution in [2.75, 3.05) is 0 Å². The lowest BCUT2D eigenvalue weighted by Gasteiger charge is -2.13. The Balaban J connectivity index is 1.55. The zero-order valence-corrected chi connectivity index (χ0v) is 10.7. The maximum Gasteiger partial charge on any atom is 0.144 e. The fourth-order valence-electron chi connectivity index (χ4n) is 3.68. The van der Waals surface area contributed by atoms with Gasteiger partial charge in [0, 0.05) is 18.3 Å². The van der Waals surface area contributed by atoms with E-state index in [-0.39, 0.29) is 5.92 Å². The zero-order chi connectivity index (χ0) is 12.8. The minimum atomic E-state index is 0.230. The Morgan fingerprint density at radius 3 is 3.11 bits per heavy atom. The fraction of sp³-hybridized carbons (Fsp3) is 0.375. The minimum Gasteiger partial charge on any atom is -0.348 e. The van der Waals surface area contributed by atoms with Gasteiger partial charge in [-0.3, -0.25) is 4.79 Å². The number of hydrogen-bond acceptors (Lipinski definition) is 2. The van der Waals surface area contributed by atoms with Crippen LogP contribution in [0.2, 0.25) is 0 Å². The number of rotatable bonds is 3. The summed E-state index contributed by atoms with van der Waals surface area (Å²) >= 11 is 0. The van der Waals surface area contributed by atoms with Gasteiger partial charge in [0.1, 0.15) is 11.6 Å². The minimum absolute atomic E-state index is 0.230. The number of nitrogens with one attached hydrogen (secondary N) is 1. The number of Topliss-reactive ketones (excluding diaryl/α,β-unsaturated/α-hetero) is 1. The molecule has 1 heterocycles. The van der Waals surface area contributed by atoms with Crippen LogP contribution in [0.4, 0.5) is 0 Å². The number of aromatic amines is 1. The smallest absolute Gasteiger partial charge is 0.144 e. The van der Waals surface area contributed by atoms with Gasteiger partial charge in [0.15, 0.2) is 0 Å². The molecule has 0 bridgehead atoms. The lowest BCUT2D eigenvalue weighted by Crippen LogP contribution is -2.08. The van der Waals surface area contributed by atoms with E-state index in [0.717, 1.165) is 18.7 Å². The summed E-state index contributed by atoms with van der Waals surface area (Å²) in [6.07, 6.45) is 6.22. The highest BCUT2D eigenvalue weighted by atomic mass is 16.1. The highest BCUT2D eigenvalue weighted by Gasteiger charge is 2.56. The number of aryl methyl sites for hydroxylation is 1. The third kappa shape index (κ3) is 1.72. The number of benzene rings is 1. The van der Waals surface area contributed by atoms with Crippen LogP contribution in [0.5, 0.6) is 0 Å². The molecule has 3 nitrogen and oxygen atoms in total. The molecule has 4 rings (SSSR count). The Morgan fingerprint density at radius 1 is 1.37 bits per heavy atom. The first kappa shape index (κ1) is 11.0. The summed E-state index contributed by atoms with van der Waals surface area (Å²) in [6.45, 7) is 0. The summed E-state index contributed by atoms with van der Waals surface area (Å²) in [5.74, 6) is 2.43. The van der Waals surface area contributed by atoms with Gasteiger partial charge in [0.05, 0.1) is 6.42 Å². The first-order valence-electron chi connectivity index (χ1n) is 6.93. The van der Waals surface area contributed by atoms with E-state index in [4.69, 9.17) is 0 Å². The second-order valence-electron chi connectivity index (χ2n) is 5.63. The van der Waals surface area contributed by atoms with Crippen LogP contribution < -0.4 is 0 Å². The zero-order valence-electron chi connectivity index (χ0n) is 10.7. The molecule has 1 aromatic heterocycles. The van der Waals surface area contributed by atoms with Crippen LogP contribution in [0.25, 0.3) is 0 Å². The van der Waals surface area contributed by atoms with E-state index >= 15 is 0 Å². The fourth-order valence-corrected chi connectivity index (χ4v) is 3.68. The Hall–Kier alpha value is -1.90. The van der Waals surface area contributed by atoms with E-state index < -0.39 is 0 Å². The Labute approximate surface area is 112 Å². The number of hydrogen-bond donors (Lipinski definition) is 1. The molecule has 3 atom stereocenters. The predicted molar refractivity (Wildman–Crippen MR) is 71.8 cm³/mol. The molecular formula is C16H16N2O. The van der Waals surface area contributed by atoms with Crippen molar-refractivity contribution in [3.8, 4) is 0 Å². The molecule has 1 aromatic carbocycles. The van der Waals surface area contributed by atoms with Crippen LogP contribution in [0.1, 0.15) is 29.3 Å². The van der Waals surface area contributed by atoms with Crippen molar-refractivity contribution >= 4 is 5.78 Å². The van der Waals surface area contributed by atoms with Gasteiger partial charge < -0.3 is 4.98 Å². The topological polar surface area (TPSA) is 45.8 Å². The summed E-state index contributed by atoms with van der Waals surface area (Å²) < 4.78 is 0. The van der Waals surface area contributed by atoms with Crippen molar-refractivity contribution in [2.24, 2.45) is 11.8 Å². The van der Waals surface area contributed by atoms with Crippen LogP contribution in [-0.2, 0) is 17.6 Å². The third-order valence-corrected chi connectivity index (χ3v) is 4.60. The van der Waals surface area contributed by atoms with Gasteiger partial charge in [-0.15, -0.1) is 0 Å². The number of nitrogens with zero attached hydrogens (tertiary/aromatic N) is 1. The molecular weight excluding hydrogens is 236 g/mol. The molecule has 3 unspecified atom stereocenters. The van der Waals surface area contributed by atoms with Crippen molar-refractivity contribution in [1.82, 2.24) is 9.97 Å². The second-order valence-corrected chi connectivity index (χ2v) is 5.63. The van der Waals surface area contributed by atoms with Gasteiger partial charge in [-0.2, -0.15) is 0 Å². The molecule has 1 fully saturated rings. The van der Waals surface area contributed by atoms with Gasteiger partial charge >= 0.3 is 0 Å². The van der Waals surface area contributed by atoms with Crippen molar-refractivity contribution in [3.63, 3.8) is 0 Å². The average Bonchev–Trinajstić information content (AvgIpc) is 2.98. The number of carbonyl (C=O) groups excluding carboxylic acids is 1. The third-order valence-electron chi connectivity index (χ3n) is 4.60. The lowest BCUT2D eigenvalue weighted by atomic mass is 9.92. The number of imidazole rings is 1. The normalized spacial score (nSPS) is 27.5. The van der Waals surface area contributed by atoms with Crippen LogP contribution >= 0.6 is 0 Å². The van der Waals surface area contributed by atoms with Gasteiger partial charge in [0.2, 0.25) is 0 Å². The van der Waals surface area contributed by atoms with Crippen LogP contribution in [-0.4, -0.2) is 15.8 Å². The van der Waals surface area contributed by atoms with Gasteiger partial charge in [-0.25, -0.2) is 4.98 Å². The summed E-state index contributed by atoms with van der Waals surface area (Å²) in [7, 11) is 0. The highest BCUT2D eigenvalue weighted by molar-refractivity contribution is 5.87. The number of ketones is 1. The second kappa shape index (κ2) is 4.05. The summed E-state index contributed by atoms with van der Waals surface area (Å²) in [6, 6.07) is 8.60. The quantitative estimate of drug-likeness (QED) is 0.912. The lowest BCUT2D eigenvalue weighted by molar-refractivity contribution is -0.120. The molecule has 2 aromatic rings. The molecule has 3 heteroatoms. The van der Waals surface area contributed by atoms with Crippen molar-refractivity contribution in [1.29, 1.82) is 0 Å². The van der Waals surface area contributed by atoms with Crippen LogP contribution in [0.3, 0.4) is 0 Å². The molecule has 0 aliphatic heterocycles. The Morgan fingerprint density at radius 2 is 2.26 bits per heavy atom. The van der Waals surface area contributed by atoms with Gasteiger partial charge in [-0.05, 0) is 35.8 Å². The van der Waals surface area contributed by atoms with Gasteiger partial charge in [-0.1, -0.05) is 24.3 Å². The SMILES string of the molecule is O=C(Cc1ncc[nH]1)C1C2CCc3ccccc3C21. The maximum absolute atomic E-state index is 12.4. The standard InChI is InChI=1S/C16H16N2O/c19-13(9-14-17-7-8-18-14)16-12-6-5-10-3-1-2-4-11(10)15(12)16/h1-4,7-8,12,15-16H,5-6,9H2,(H,17,18). The Bertz CT molecular complexity index is 617. The van der Waals surface area contributed by atoms with Gasteiger partial charge in [0.25, 0.3) is 0 Å². The molecule has 0 spiro atoms. The van der Waals surface area contributed by atoms with Crippen LogP contribution in [0.15, 0.2) is 36.7 Å². The monoisotopic (exact) mass is 252 g/mol. The summed E-state index contributed by atoms with van der Waals surface area (Å²) in [5.41, 5.74) is 2.86. The molecule has 2 aliphatic rings. The molecule has 0 saturated heterocycles. The summed E-state index contributed by atoms with van der Waals surface area (Å²) in [4.78, 5) is 19.6. The van der Waals surface area contributed by atoms with E-state index in [0.29, 0.717) is 24.0 Å². The number of H-pyrrole nitrogens is 1. The predicted octanol–water partition coefficient (Wildman–Crippen LogP) is 2.50. The number of carbonyl (C=O) groups is 1. The number of aromatic nitrogens is 2. The first-order chi connectivity index (χ1) is 9.34. The van der Waals surface area contributed by atoms with E-state index in [1.165, 1.54) is 11.1 Å². The molecule has 2 aliphatic carbocycles. The van der Waals surface area contributed by atoms with Crippen molar-refractivity contribution < 1.29 is 4.79 Å². The number of fused-ring (bicyclic) bond motifs is 3. The molecule has 0 radical (unpaired) electrons. The largest absolute Gasteiger partial charge is 0.348 e. The van der Waals surface area contributed by atoms with Crippen molar-refractivity contribution in [3.05, 3.63) is 53.6 Å². The average molecular weight is 252 g/mol. The van der Waals surface area contributed by atoms with E-state index in [1.807, 2.05) is 0 Å². The molecule has 19 heavy (non-hydrogen) atoms. The molecule has 0 amide bonds. The first-order valence-corrected chi connectivity index (χ1v) is 6.93. The molecule has 1 saturated carbocycles. The van der Waals surface area contributed by atoms with E-state index in [9.17, 15) is 4.79 Å². The van der Waals surface area contributed by atoms with E-state index in [1.54, 1.807) is 12.4 Å².